The Labute approximate surface area is 244 Å². The molecule has 1 aliphatic rings. The minimum atomic E-state index is -0.0247. The SMILES string of the molecule is Cc1cc2ncc3cc(-c4ccccc4)c(-c4ccc(CN5CCC(NC(=O)c6ccncc6)CC5)cc4)nc3n2n1. The third kappa shape index (κ3) is 5.24. The fraction of sp³-hybridized carbons (Fsp3) is 0.206. The first-order valence-electron chi connectivity index (χ1n) is 14.3. The number of carbonyl (C=O) groups excluding carboxylic acids is 1. The number of rotatable bonds is 6. The molecule has 1 N–H and O–H groups in total. The Hall–Kier alpha value is -4.95. The van der Waals surface area contributed by atoms with Gasteiger partial charge in [-0.25, -0.2) is 9.97 Å². The lowest BCUT2D eigenvalue weighted by Gasteiger charge is -2.32. The van der Waals surface area contributed by atoms with E-state index in [1.807, 2.05) is 29.8 Å². The van der Waals surface area contributed by atoms with Gasteiger partial charge in [0.15, 0.2) is 11.3 Å². The number of carbonyl (C=O) groups is 1. The molecule has 0 radical (unpaired) electrons. The molecular formula is C34H31N7O. The van der Waals surface area contributed by atoms with Gasteiger partial charge in [0.25, 0.3) is 5.91 Å². The molecule has 1 fully saturated rings. The first kappa shape index (κ1) is 26.0. The van der Waals surface area contributed by atoms with Crippen molar-refractivity contribution in [3.05, 3.63) is 114 Å². The molecule has 1 aliphatic heterocycles. The van der Waals surface area contributed by atoms with Gasteiger partial charge in [0.1, 0.15) is 0 Å². The molecular weight excluding hydrogens is 522 g/mol. The normalized spacial score (nSPS) is 14.4. The number of aromatic nitrogens is 5. The lowest BCUT2D eigenvalue weighted by atomic mass is 9.97. The van der Waals surface area contributed by atoms with Crippen molar-refractivity contribution < 1.29 is 4.79 Å². The van der Waals surface area contributed by atoms with Crippen molar-refractivity contribution in [1.82, 2.24) is 34.8 Å². The second-order valence-electron chi connectivity index (χ2n) is 10.9. The number of hydrogen-bond donors (Lipinski definition) is 1. The average Bonchev–Trinajstić information content (AvgIpc) is 3.43. The number of nitrogens with zero attached hydrogens (tertiary/aromatic N) is 6. The number of aryl methyl sites for hydroxylation is 1. The predicted octanol–water partition coefficient (Wildman–Crippen LogP) is 5.71. The number of likely N-dealkylation sites (tertiary alicyclic amines) is 1. The van der Waals surface area contributed by atoms with Gasteiger partial charge in [-0.15, -0.1) is 0 Å². The van der Waals surface area contributed by atoms with Gasteiger partial charge in [-0.1, -0.05) is 54.6 Å². The summed E-state index contributed by atoms with van der Waals surface area (Å²) in [5.74, 6) is -0.0247. The fourth-order valence-electron chi connectivity index (χ4n) is 5.74. The Kier molecular flexibility index (Phi) is 6.89. The van der Waals surface area contributed by atoms with Crippen LogP contribution < -0.4 is 5.32 Å². The summed E-state index contributed by atoms with van der Waals surface area (Å²) in [6.07, 6.45) is 7.06. The van der Waals surface area contributed by atoms with Crippen molar-refractivity contribution in [2.24, 2.45) is 0 Å². The maximum atomic E-state index is 12.5. The zero-order valence-corrected chi connectivity index (χ0v) is 23.4. The van der Waals surface area contributed by atoms with Crippen LogP contribution in [0.15, 0.2) is 97.5 Å². The highest BCUT2D eigenvalue weighted by molar-refractivity contribution is 5.94. The topological polar surface area (TPSA) is 88.3 Å². The van der Waals surface area contributed by atoms with Crippen LogP contribution in [0.5, 0.6) is 0 Å². The van der Waals surface area contributed by atoms with Crippen LogP contribution in [-0.2, 0) is 6.54 Å². The third-order valence-electron chi connectivity index (χ3n) is 7.96. The minimum Gasteiger partial charge on any atom is -0.349 e. The van der Waals surface area contributed by atoms with Crippen molar-refractivity contribution >= 4 is 22.6 Å². The van der Waals surface area contributed by atoms with Gasteiger partial charge in [-0.2, -0.15) is 9.61 Å². The quantitative estimate of drug-likeness (QED) is 0.284. The summed E-state index contributed by atoms with van der Waals surface area (Å²) in [6.45, 7) is 4.74. The van der Waals surface area contributed by atoms with Crippen molar-refractivity contribution in [3.8, 4) is 22.4 Å². The van der Waals surface area contributed by atoms with Crippen LogP contribution in [0.2, 0.25) is 0 Å². The summed E-state index contributed by atoms with van der Waals surface area (Å²) < 4.78 is 1.83. The Balaban J connectivity index is 1.10. The van der Waals surface area contributed by atoms with Crippen LogP contribution in [0.25, 0.3) is 39.1 Å². The third-order valence-corrected chi connectivity index (χ3v) is 7.96. The van der Waals surface area contributed by atoms with Gasteiger partial charge in [-0.3, -0.25) is 14.7 Å². The van der Waals surface area contributed by atoms with Crippen molar-refractivity contribution in [2.45, 2.75) is 32.4 Å². The molecule has 0 spiro atoms. The lowest BCUT2D eigenvalue weighted by molar-refractivity contribution is 0.0909. The maximum absolute atomic E-state index is 12.5. The molecule has 7 rings (SSSR count). The highest BCUT2D eigenvalue weighted by Crippen LogP contribution is 2.33. The van der Waals surface area contributed by atoms with Gasteiger partial charge in [0.05, 0.1) is 11.4 Å². The standard InChI is InChI=1S/C34H31N7O/c1-23-19-31-36-21-28-20-30(25-5-3-2-4-6-25)32(38-33(28)41(31)39-23)26-9-7-24(8-10-26)22-40-17-13-29(14-18-40)37-34(42)27-11-15-35-16-12-27/h2-12,15-16,19-21,29H,13-14,17-18,22H2,1H3,(H,37,42). The molecule has 0 saturated carbocycles. The van der Waals surface area contributed by atoms with Crippen LogP contribution in [0.4, 0.5) is 0 Å². The second-order valence-corrected chi connectivity index (χ2v) is 10.9. The molecule has 5 heterocycles. The smallest absolute Gasteiger partial charge is 0.251 e. The van der Waals surface area contributed by atoms with E-state index >= 15 is 0 Å². The van der Waals surface area contributed by atoms with E-state index in [-0.39, 0.29) is 11.9 Å². The van der Waals surface area contributed by atoms with E-state index < -0.39 is 0 Å². The van der Waals surface area contributed by atoms with Crippen LogP contribution in [0, 0.1) is 6.92 Å². The molecule has 4 aromatic heterocycles. The average molecular weight is 554 g/mol. The van der Waals surface area contributed by atoms with E-state index in [0.717, 1.165) is 77.2 Å². The monoisotopic (exact) mass is 553 g/mol. The van der Waals surface area contributed by atoms with E-state index in [2.05, 4.69) is 79.9 Å². The molecule has 208 valence electrons. The van der Waals surface area contributed by atoms with E-state index in [1.54, 1.807) is 24.5 Å². The minimum absolute atomic E-state index is 0.0247. The number of pyridine rings is 2. The molecule has 8 nitrogen and oxygen atoms in total. The van der Waals surface area contributed by atoms with Gasteiger partial charge in [-0.05, 0) is 49.1 Å². The zero-order valence-electron chi connectivity index (χ0n) is 23.4. The van der Waals surface area contributed by atoms with Gasteiger partial charge in [0.2, 0.25) is 0 Å². The Morgan fingerprint density at radius 3 is 2.45 bits per heavy atom. The highest BCUT2D eigenvalue weighted by Gasteiger charge is 2.21. The number of hydrogen-bond acceptors (Lipinski definition) is 6. The second kappa shape index (κ2) is 11.1. The number of amides is 1. The van der Waals surface area contributed by atoms with Crippen LogP contribution in [0.1, 0.15) is 34.5 Å². The summed E-state index contributed by atoms with van der Waals surface area (Å²) >= 11 is 0. The maximum Gasteiger partial charge on any atom is 0.251 e. The molecule has 1 amide bonds. The number of nitrogens with one attached hydrogen (secondary N) is 1. The number of benzene rings is 2. The summed E-state index contributed by atoms with van der Waals surface area (Å²) in [6, 6.07) is 27.0. The van der Waals surface area contributed by atoms with Crippen LogP contribution in [-0.4, -0.2) is 54.5 Å². The van der Waals surface area contributed by atoms with E-state index in [0.29, 0.717) is 5.56 Å². The summed E-state index contributed by atoms with van der Waals surface area (Å²) in [5, 5.41) is 8.78. The highest BCUT2D eigenvalue weighted by atomic mass is 16.1. The lowest BCUT2D eigenvalue weighted by Crippen LogP contribution is -2.44. The fourth-order valence-corrected chi connectivity index (χ4v) is 5.74. The molecule has 0 unspecified atom stereocenters. The van der Waals surface area contributed by atoms with E-state index in [1.165, 1.54) is 5.56 Å². The van der Waals surface area contributed by atoms with Crippen molar-refractivity contribution in [1.29, 1.82) is 0 Å². The van der Waals surface area contributed by atoms with Gasteiger partial charge < -0.3 is 5.32 Å². The summed E-state index contributed by atoms with van der Waals surface area (Å²) in [7, 11) is 0. The summed E-state index contributed by atoms with van der Waals surface area (Å²) in [5.41, 5.74) is 8.58. The van der Waals surface area contributed by atoms with Crippen LogP contribution in [0.3, 0.4) is 0 Å². The Morgan fingerprint density at radius 1 is 0.929 bits per heavy atom. The molecule has 2 aromatic carbocycles. The summed E-state index contributed by atoms with van der Waals surface area (Å²) in [4.78, 5) is 28.7. The molecule has 42 heavy (non-hydrogen) atoms. The Morgan fingerprint density at radius 2 is 1.69 bits per heavy atom. The van der Waals surface area contributed by atoms with Crippen molar-refractivity contribution in [2.75, 3.05) is 13.1 Å². The molecule has 0 aliphatic carbocycles. The van der Waals surface area contributed by atoms with Gasteiger partial charge in [0, 0.05) is 72.4 Å². The molecule has 1 saturated heterocycles. The Bertz CT molecular complexity index is 1860. The number of fused-ring (bicyclic) bond motifs is 3. The van der Waals surface area contributed by atoms with Gasteiger partial charge >= 0.3 is 0 Å². The molecule has 0 bridgehead atoms. The first-order chi connectivity index (χ1) is 20.6. The molecule has 6 aromatic rings. The molecule has 8 heteroatoms. The zero-order chi connectivity index (χ0) is 28.5. The van der Waals surface area contributed by atoms with E-state index in [9.17, 15) is 4.79 Å². The van der Waals surface area contributed by atoms with Crippen LogP contribution >= 0.6 is 0 Å². The first-order valence-corrected chi connectivity index (χ1v) is 14.3. The largest absolute Gasteiger partial charge is 0.349 e. The number of piperidine rings is 1. The molecule has 0 atom stereocenters. The predicted molar refractivity (Wildman–Crippen MR) is 164 cm³/mol. The van der Waals surface area contributed by atoms with E-state index in [4.69, 9.17) is 4.98 Å². The van der Waals surface area contributed by atoms with Crippen molar-refractivity contribution in [3.63, 3.8) is 0 Å².